The zero-order chi connectivity index (χ0) is 13.6. The second-order valence-corrected chi connectivity index (χ2v) is 4.03. The number of aryl methyl sites for hydroxylation is 1. The lowest BCUT2D eigenvalue weighted by Crippen LogP contribution is -2.28. The zero-order valence-corrected chi connectivity index (χ0v) is 9.85. The van der Waals surface area contributed by atoms with Gasteiger partial charge < -0.3 is 9.97 Å². The topological polar surface area (TPSA) is 116 Å². The van der Waals surface area contributed by atoms with Crippen LogP contribution in [0.5, 0.6) is 0 Å². The van der Waals surface area contributed by atoms with E-state index in [1.54, 1.807) is 12.1 Å². The third kappa shape index (κ3) is 1.69. The maximum absolute atomic E-state index is 11.7. The van der Waals surface area contributed by atoms with Crippen molar-refractivity contribution in [1.29, 1.82) is 0 Å². The Labute approximate surface area is 104 Å². The average Bonchev–Trinajstić information content (AvgIpc) is 2.82. The predicted octanol–water partition coefficient (Wildman–Crippen LogP) is -0.695. The Morgan fingerprint density at radius 1 is 1.11 bits per heavy atom. The minimum atomic E-state index is -0.546. The number of hydrogen-bond acceptors (Lipinski definition) is 4. The van der Waals surface area contributed by atoms with E-state index in [-0.39, 0.29) is 16.7 Å². The molecule has 19 heavy (non-hydrogen) atoms. The molecule has 3 N–H and O–H groups in total. The van der Waals surface area contributed by atoms with Crippen LogP contribution in [0.4, 0.5) is 0 Å². The van der Waals surface area contributed by atoms with Crippen LogP contribution in [0.1, 0.15) is 0 Å². The SMILES string of the molecule is Cn1c(=O)[nH]c(=O)c2[nH]c(-c3cccc(=O)[nH]3)nc21. The van der Waals surface area contributed by atoms with E-state index < -0.39 is 11.2 Å². The molecule has 0 aliphatic rings. The van der Waals surface area contributed by atoms with Crippen LogP contribution in [0, 0.1) is 0 Å². The molecule has 3 rings (SSSR count). The monoisotopic (exact) mass is 259 g/mol. The van der Waals surface area contributed by atoms with Gasteiger partial charge in [0.2, 0.25) is 5.56 Å². The number of fused-ring (bicyclic) bond motifs is 1. The van der Waals surface area contributed by atoms with Gasteiger partial charge in [-0.05, 0) is 6.07 Å². The molecule has 0 aromatic carbocycles. The molecule has 0 bridgehead atoms. The summed E-state index contributed by atoms with van der Waals surface area (Å²) in [7, 11) is 1.50. The Balaban J connectivity index is 2.37. The molecule has 0 saturated heterocycles. The van der Waals surface area contributed by atoms with Gasteiger partial charge in [-0.2, -0.15) is 0 Å². The first-order valence-corrected chi connectivity index (χ1v) is 5.45. The van der Waals surface area contributed by atoms with E-state index in [1.165, 1.54) is 17.7 Å². The van der Waals surface area contributed by atoms with Crippen LogP contribution in [-0.2, 0) is 7.05 Å². The molecule has 0 spiro atoms. The van der Waals surface area contributed by atoms with Crippen LogP contribution in [0.15, 0.2) is 32.6 Å². The molecule has 0 unspecified atom stereocenters. The first kappa shape index (κ1) is 11.2. The highest BCUT2D eigenvalue weighted by Gasteiger charge is 2.12. The normalized spacial score (nSPS) is 11.0. The number of pyridine rings is 1. The zero-order valence-electron chi connectivity index (χ0n) is 9.85. The third-order valence-electron chi connectivity index (χ3n) is 2.78. The molecule has 0 radical (unpaired) electrons. The van der Waals surface area contributed by atoms with Crippen molar-refractivity contribution < 1.29 is 0 Å². The average molecular weight is 259 g/mol. The molecule has 96 valence electrons. The van der Waals surface area contributed by atoms with Crippen molar-refractivity contribution in [2.75, 3.05) is 0 Å². The van der Waals surface area contributed by atoms with Crippen molar-refractivity contribution in [3.8, 4) is 11.5 Å². The van der Waals surface area contributed by atoms with Gasteiger partial charge in [0, 0.05) is 13.1 Å². The Hall–Kier alpha value is -2.90. The summed E-state index contributed by atoms with van der Waals surface area (Å²) in [5, 5.41) is 0. The molecule has 0 fully saturated rings. The molecule has 3 aromatic heterocycles. The molecule has 0 aliphatic carbocycles. The van der Waals surface area contributed by atoms with Crippen molar-refractivity contribution in [2.24, 2.45) is 7.05 Å². The summed E-state index contributed by atoms with van der Waals surface area (Å²) in [6.45, 7) is 0. The van der Waals surface area contributed by atoms with E-state index in [2.05, 4.69) is 19.9 Å². The smallest absolute Gasteiger partial charge is 0.329 e. The molecule has 3 aromatic rings. The second kappa shape index (κ2) is 3.80. The molecule has 3 heterocycles. The number of H-pyrrole nitrogens is 3. The van der Waals surface area contributed by atoms with Gasteiger partial charge in [-0.1, -0.05) is 6.07 Å². The largest absolute Gasteiger partial charge is 0.331 e. The number of nitrogens with zero attached hydrogens (tertiary/aromatic N) is 2. The van der Waals surface area contributed by atoms with Crippen molar-refractivity contribution in [3.63, 3.8) is 0 Å². The maximum Gasteiger partial charge on any atom is 0.329 e. The second-order valence-electron chi connectivity index (χ2n) is 4.03. The van der Waals surface area contributed by atoms with Gasteiger partial charge in [-0.15, -0.1) is 0 Å². The number of nitrogens with one attached hydrogen (secondary N) is 3. The quantitative estimate of drug-likeness (QED) is 0.536. The molecular weight excluding hydrogens is 250 g/mol. The molecule has 8 nitrogen and oxygen atoms in total. The molecular formula is C11H9N5O3. The molecule has 0 amide bonds. The van der Waals surface area contributed by atoms with E-state index in [1.807, 2.05) is 0 Å². The van der Waals surface area contributed by atoms with Crippen LogP contribution in [0.25, 0.3) is 22.7 Å². The van der Waals surface area contributed by atoms with Gasteiger partial charge in [-0.25, -0.2) is 9.78 Å². The number of rotatable bonds is 1. The third-order valence-corrected chi connectivity index (χ3v) is 2.78. The van der Waals surface area contributed by atoms with Crippen LogP contribution < -0.4 is 16.8 Å². The van der Waals surface area contributed by atoms with Gasteiger partial charge in [0.05, 0.1) is 5.69 Å². The Morgan fingerprint density at radius 3 is 2.63 bits per heavy atom. The van der Waals surface area contributed by atoms with Crippen LogP contribution >= 0.6 is 0 Å². The summed E-state index contributed by atoms with van der Waals surface area (Å²) in [6, 6.07) is 4.59. The fraction of sp³-hybridized carbons (Fsp3) is 0.0909. The van der Waals surface area contributed by atoms with E-state index in [4.69, 9.17) is 0 Å². The van der Waals surface area contributed by atoms with Crippen molar-refractivity contribution >= 4 is 11.2 Å². The first-order valence-electron chi connectivity index (χ1n) is 5.45. The van der Waals surface area contributed by atoms with Crippen LogP contribution in [0.3, 0.4) is 0 Å². The predicted molar refractivity (Wildman–Crippen MR) is 68.0 cm³/mol. The van der Waals surface area contributed by atoms with Crippen molar-refractivity contribution in [2.45, 2.75) is 0 Å². The lowest BCUT2D eigenvalue weighted by molar-refractivity contribution is 0.832. The van der Waals surface area contributed by atoms with Gasteiger partial charge in [-0.3, -0.25) is 19.1 Å². The van der Waals surface area contributed by atoms with Crippen LogP contribution in [0.2, 0.25) is 0 Å². The molecule has 0 saturated carbocycles. The summed E-state index contributed by atoms with van der Waals surface area (Å²) in [6.07, 6.45) is 0. The van der Waals surface area contributed by atoms with E-state index >= 15 is 0 Å². The standard InChI is InChI=1S/C11H9N5O3/c1-16-9-7(10(18)15-11(16)19)13-8(14-9)5-3-2-4-6(17)12-5/h2-4H,1H3,(H,12,17)(H,13,14)(H,15,18,19). The lowest BCUT2D eigenvalue weighted by atomic mass is 10.3. The van der Waals surface area contributed by atoms with Gasteiger partial charge in [0.15, 0.2) is 11.5 Å². The summed E-state index contributed by atoms with van der Waals surface area (Å²) in [4.78, 5) is 46.1. The minimum absolute atomic E-state index is 0.182. The Kier molecular flexibility index (Phi) is 2.24. The molecule has 0 atom stereocenters. The molecule has 0 aliphatic heterocycles. The summed E-state index contributed by atoms with van der Waals surface area (Å²) >= 11 is 0. The number of imidazole rings is 1. The van der Waals surface area contributed by atoms with Gasteiger partial charge >= 0.3 is 5.69 Å². The highest BCUT2D eigenvalue weighted by Crippen LogP contribution is 2.13. The fourth-order valence-corrected chi connectivity index (χ4v) is 1.82. The summed E-state index contributed by atoms with van der Waals surface area (Å²) in [5.74, 6) is 0.319. The maximum atomic E-state index is 11.7. The van der Waals surface area contributed by atoms with Crippen LogP contribution in [-0.4, -0.2) is 24.5 Å². The van der Waals surface area contributed by atoms with Crippen molar-refractivity contribution in [3.05, 3.63) is 49.4 Å². The number of hydrogen-bond donors (Lipinski definition) is 3. The highest BCUT2D eigenvalue weighted by molar-refractivity contribution is 5.74. The van der Waals surface area contributed by atoms with E-state index in [9.17, 15) is 14.4 Å². The van der Waals surface area contributed by atoms with Gasteiger partial charge in [0.1, 0.15) is 5.52 Å². The first-order chi connectivity index (χ1) is 9.06. The Morgan fingerprint density at radius 2 is 1.89 bits per heavy atom. The molecule has 8 heteroatoms. The minimum Gasteiger partial charge on any atom is -0.331 e. The fourth-order valence-electron chi connectivity index (χ4n) is 1.82. The lowest BCUT2D eigenvalue weighted by Gasteiger charge is -1.95. The van der Waals surface area contributed by atoms with E-state index in [0.717, 1.165) is 0 Å². The number of aromatic nitrogens is 5. The van der Waals surface area contributed by atoms with E-state index in [0.29, 0.717) is 11.5 Å². The Bertz CT molecular complexity index is 943. The van der Waals surface area contributed by atoms with Crippen molar-refractivity contribution in [1.82, 2.24) is 24.5 Å². The van der Waals surface area contributed by atoms with Gasteiger partial charge in [0.25, 0.3) is 5.56 Å². The highest BCUT2D eigenvalue weighted by atomic mass is 16.2. The summed E-state index contributed by atoms with van der Waals surface area (Å²) in [5.41, 5.74) is -0.515. The summed E-state index contributed by atoms with van der Waals surface area (Å²) < 4.78 is 1.22. The number of aromatic amines is 3.